The van der Waals surface area contributed by atoms with Gasteiger partial charge in [0.25, 0.3) is 0 Å². The quantitative estimate of drug-likeness (QED) is 0.353. The highest BCUT2D eigenvalue weighted by atomic mass is 16.5. The molecule has 7 heteroatoms. The number of aryl methyl sites for hydroxylation is 1. The van der Waals surface area contributed by atoms with E-state index in [2.05, 4.69) is 4.98 Å². The lowest BCUT2D eigenvalue weighted by molar-refractivity contribution is -0.133. The smallest absolute Gasteiger partial charge is 0.355 e. The summed E-state index contributed by atoms with van der Waals surface area (Å²) < 4.78 is 10.1. The van der Waals surface area contributed by atoms with Crippen LogP contribution in [0.1, 0.15) is 72.6 Å². The fraction of sp³-hybridized carbons (Fsp3) is 0.667. The molecule has 7 nitrogen and oxygen atoms in total. The third-order valence-corrected chi connectivity index (χ3v) is 4.66. The molecule has 1 heterocycles. The average molecular weight is 395 g/mol. The van der Waals surface area contributed by atoms with E-state index in [0.717, 1.165) is 0 Å². The minimum Gasteiger partial charge on any atom is -0.461 e. The number of rotatable bonds is 11. The number of nitrogens with zero attached hydrogens (tertiary/aromatic N) is 1. The molecule has 1 N–H and O–H groups in total. The molecule has 0 bridgehead atoms. The number of aromatic nitrogens is 1. The molecule has 1 atom stereocenters. The highest BCUT2D eigenvalue weighted by Gasteiger charge is 2.31. The van der Waals surface area contributed by atoms with Crippen molar-refractivity contribution in [2.45, 2.75) is 60.4 Å². The molecule has 0 spiro atoms. The summed E-state index contributed by atoms with van der Waals surface area (Å²) in [4.78, 5) is 42.7. The van der Waals surface area contributed by atoms with Crippen molar-refractivity contribution < 1.29 is 23.9 Å². The number of ketones is 1. The summed E-state index contributed by atoms with van der Waals surface area (Å²) in [6.07, 6.45) is 1.03. The van der Waals surface area contributed by atoms with Crippen LogP contribution in [0.5, 0.6) is 0 Å². The molecule has 0 aliphatic rings. The molecule has 0 fully saturated rings. The van der Waals surface area contributed by atoms with Crippen molar-refractivity contribution in [2.75, 3.05) is 26.9 Å². The molecule has 1 rings (SSSR count). The Bertz CT molecular complexity index is 693. The Balaban J connectivity index is 3.15. The molecular weight excluding hydrogens is 360 g/mol. The van der Waals surface area contributed by atoms with Gasteiger partial charge in [0.05, 0.1) is 12.6 Å². The Hall–Kier alpha value is -2.15. The predicted molar refractivity (Wildman–Crippen MR) is 108 cm³/mol. The first-order valence-electron chi connectivity index (χ1n) is 9.84. The van der Waals surface area contributed by atoms with Crippen LogP contribution in [0.25, 0.3) is 0 Å². The third kappa shape index (κ3) is 5.92. The highest BCUT2D eigenvalue weighted by molar-refractivity contribution is 6.06. The van der Waals surface area contributed by atoms with Gasteiger partial charge in [-0.05, 0) is 45.6 Å². The zero-order valence-electron chi connectivity index (χ0n) is 18.2. The zero-order chi connectivity index (χ0) is 21.4. The number of Topliss-reactive ketones (excluding diaryl/α,β-unsaturated/α-hetero) is 1. The van der Waals surface area contributed by atoms with Gasteiger partial charge in [0, 0.05) is 37.9 Å². The Labute approximate surface area is 167 Å². The van der Waals surface area contributed by atoms with Crippen LogP contribution in [-0.4, -0.2) is 60.5 Å². The fourth-order valence-electron chi connectivity index (χ4n) is 3.26. The summed E-state index contributed by atoms with van der Waals surface area (Å²) in [7, 11) is 1.61. The van der Waals surface area contributed by atoms with Gasteiger partial charge >= 0.3 is 5.97 Å². The first-order valence-corrected chi connectivity index (χ1v) is 9.84. The molecule has 0 aliphatic carbocycles. The molecule has 158 valence electrons. The first-order chi connectivity index (χ1) is 13.1. The van der Waals surface area contributed by atoms with Crippen LogP contribution >= 0.6 is 0 Å². The van der Waals surface area contributed by atoms with E-state index in [1.807, 2.05) is 13.8 Å². The summed E-state index contributed by atoms with van der Waals surface area (Å²) in [6.45, 7) is 12.1. The van der Waals surface area contributed by atoms with Crippen molar-refractivity contribution >= 4 is 17.7 Å². The van der Waals surface area contributed by atoms with Crippen molar-refractivity contribution in [3.8, 4) is 0 Å². The van der Waals surface area contributed by atoms with Crippen molar-refractivity contribution in [1.29, 1.82) is 0 Å². The van der Waals surface area contributed by atoms with Gasteiger partial charge < -0.3 is 19.4 Å². The minimum atomic E-state index is -0.633. The molecule has 0 aromatic carbocycles. The molecular formula is C21H34N2O5. The second kappa shape index (κ2) is 11.0. The van der Waals surface area contributed by atoms with Crippen molar-refractivity contribution in [3.05, 3.63) is 22.5 Å². The zero-order valence-corrected chi connectivity index (χ0v) is 18.2. The monoisotopic (exact) mass is 394 g/mol. The predicted octanol–water partition coefficient (Wildman–Crippen LogP) is 3.29. The number of hydrogen-bond acceptors (Lipinski definition) is 5. The van der Waals surface area contributed by atoms with Crippen molar-refractivity contribution in [2.24, 2.45) is 5.92 Å². The maximum Gasteiger partial charge on any atom is 0.355 e. The lowest BCUT2D eigenvalue weighted by Crippen LogP contribution is -2.44. The summed E-state index contributed by atoms with van der Waals surface area (Å²) in [5.41, 5.74) is 1.89. The fourth-order valence-corrected chi connectivity index (χ4v) is 3.26. The van der Waals surface area contributed by atoms with E-state index in [-0.39, 0.29) is 29.9 Å². The number of carbonyl (C=O) groups is 3. The first kappa shape index (κ1) is 23.9. The maximum atomic E-state index is 13.2. The number of ether oxygens (including phenoxy) is 2. The normalized spacial score (nSPS) is 12.1. The summed E-state index contributed by atoms with van der Waals surface area (Å²) >= 11 is 0. The topological polar surface area (TPSA) is 88.7 Å². The number of H-pyrrole nitrogens is 1. The second-order valence-electron chi connectivity index (χ2n) is 7.42. The minimum absolute atomic E-state index is 0.0524. The number of methoxy groups -OCH3 is 1. The van der Waals surface area contributed by atoms with Crippen LogP contribution in [0.2, 0.25) is 0 Å². The number of aromatic amines is 1. The van der Waals surface area contributed by atoms with Gasteiger partial charge in [-0.25, -0.2) is 4.79 Å². The molecule has 0 radical (unpaired) electrons. The standard InChI is InChI=1S/C21H34N2O5/c1-8-28-21(26)19-14(4)18(15(5)22-19)20(25)16(6)23(10-9-11-27-7)17(24)12-13(2)3/h13,16,22H,8-12H2,1-7H3. The number of esters is 1. The Kier molecular flexibility index (Phi) is 9.38. The van der Waals surface area contributed by atoms with Crippen LogP contribution in [0.4, 0.5) is 0 Å². The van der Waals surface area contributed by atoms with Crippen LogP contribution in [0.3, 0.4) is 0 Å². The van der Waals surface area contributed by atoms with Crippen LogP contribution in [0.15, 0.2) is 0 Å². The molecule has 1 aromatic heterocycles. The van der Waals surface area contributed by atoms with Gasteiger partial charge in [0.2, 0.25) is 5.91 Å². The lowest BCUT2D eigenvalue weighted by Gasteiger charge is -2.29. The van der Waals surface area contributed by atoms with E-state index in [4.69, 9.17) is 9.47 Å². The summed E-state index contributed by atoms with van der Waals surface area (Å²) in [6, 6.07) is -0.633. The van der Waals surface area contributed by atoms with E-state index >= 15 is 0 Å². The van der Waals surface area contributed by atoms with E-state index in [0.29, 0.717) is 42.8 Å². The summed E-state index contributed by atoms with van der Waals surface area (Å²) in [5.74, 6) is -0.520. The van der Waals surface area contributed by atoms with Gasteiger partial charge in [-0.1, -0.05) is 13.8 Å². The van der Waals surface area contributed by atoms with E-state index < -0.39 is 12.0 Å². The van der Waals surface area contributed by atoms with E-state index in [1.54, 1.807) is 39.7 Å². The number of nitrogens with one attached hydrogen (secondary N) is 1. The van der Waals surface area contributed by atoms with Gasteiger partial charge in [0.15, 0.2) is 5.78 Å². The van der Waals surface area contributed by atoms with Gasteiger partial charge in [0.1, 0.15) is 5.69 Å². The van der Waals surface area contributed by atoms with Gasteiger partial charge in [-0.2, -0.15) is 0 Å². The molecule has 0 saturated carbocycles. The molecule has 0 saturated heterocycles. The number of hydrogen-bond donors (Lipinski definition) is 1. The van der Waals surface area contributed by atoms with Crippen molar-refractivity contribution in [1.82, 2.24) is 9.88 Å². The highest BCUT2D eigenvalue weighted by Crippen LogP contribution is 2.23. The average Bonchev–Trinajstić information content (AvgIpc) is 2.91. The molecule has 1 amide bonds. The second-order valence-corrected chi connectivity index (χ2v) is 7.42. The molecule has 1 unspecified atom stereocenters. The SMILES string of the molecule is CCOC(=O)c1[nH]c(C)c(C(=O)C(C)N(CCCOC)C(=O)CC(C)C)c1C. The Morgan fingerprint density at radius 3 is 2.32 bits per heavy atom. The van der Waals surface area contributed by atoms with Gasteiger partial charge in [-0.15, -0.1) is 0 Å². The molecule has 1 aromatic rings. The lowest BCUT2D eigenvalue weighted by atomic mass is 9.99. The van der Waals surface area contributed by atoms with Crippen molar-refractivity contribution in [3.63, 3.8) is 0 Å². The van der Waals surface area contributed by atoms with E-state index in [1.165, 1.54) is 0 Å². The van der Waals surface area contributed by atoms with Gasteiger partial charge in [-0.3, -0.25) is 9.59 Å². The Morgan fingerprint density at radius 2 is 1.79 bits per heavy atom. The molecule has 0 aliphatic heterocycles. The summed E-state index contributed by atoms with van der Waals surface area (Å²) in [5, 5.41) is 0. The number of amides is 1. The third-order valence-electron chi connectivity index (χ3n) is 4.66. The van der Waals surface area contributed by atoms with Crippen LogP contribution in [-0.2, 0) is 14.3 Å². The van der Waals surface area contributed by atoms with Crippen LogP contribution in [0, 0.1) is 19.8 Å². The number of carbonyl (C=O) groups excluding carboxylic acids is 3. The largest absolute Gasteiger partial charge is 0.461 e. The molecule has 28 heavy (non-hydrogen) atoms. The Morgan fingerprint density at radius 1 is 1.14 bits per heavy atom. The maximum absolute atomic E-state index is 13.2. The van der Waals surface area contributed by atoms with Crippen LogP contribution < -0.4 is 0 Å². The van der Waals surface area contributed by atoms with E-state index in [9.17, 15) is 14.4 Å².